The Hall–Kier alpha value is -2.84. The first kappa shape index (κ1) is 21.4. The van der Waals surface area contributed by atoms with Gasteiger partial charge in [-0.3, -0.25) is 14.7 Å². The zero-order chi connectivity index (χ0) is 21.5. The molecule has 166 valence electrons. The number of hydrogen-bond acceptors (Lipinski definition) is 5. The Morgan fingerprint density at radius 2 is 1.68 bits per heavy atom. The highest BCUT2D eigenvalue weighted by atomic mass is 16.5. The first-order chi connectivity index (χ1) is 15.2. The summed E-state index contributed by atoms with van der Waals surface area (Å²) in [5, 5.41) is 3.52. The summed E-state index contributed by atoms with van der Waals surface area (Å²) in [5.41, 5.74) is 2.61. The third kappa shape index (κ3) is 5.45. The van der Waals surface area contributed by atoms with Gasteiger partial charge in [-0.15, -0.1) is 0 Å². The summed E-state index contributed by atoms with van der Waals surface area (Å²) in [5.74, 6) is 1.21. The monoisotopic (exact) mass is 425 g/mol. The SMILES string of the molecule is CN=C(NCc1ccccc1CN1CCOCC1)N1CCN(C(=O)c2ccco2)CC1. The molecule has 0 bridgehead atoms. The Morgan fingerprint density at radius 1 is 0.968 bits per heavy atom. The highest BCUT2D eigenvalue weighted by Gasteiger charge is 2.25. The largest absolute Gasteiger partial charge is 0.459 e. The lowest BCUT2D eigenvalue weighted by Gasteiger charge is -2.36. The Labute approximate surface area is 183 Å². The lowest BCUT2D eigenvalue weighted by molar-refractivity contribution is 0.0340. The fourth-order valence-electron chi connectivity index (χ4n) is 4.07. The lowest BCUT2D eigenvalue weighted by atomic mass is 10.1. The van der Waals surface area contributed by atoms with Gasteiger partial charge in [0.25, 0.3) is 5.91 Å². The van der Waals surface area contributed by atoms with E-state index in [0.29, 0.717) is 18.8 Å². The van der Waals surface area contributed by atoms with E-state index in [1.807, 2.05) is 11.9 Å². The van der Waals surface area contributed by atoms with Crippen LogP contribution in [0.1, 0.15) is 21.7 Å². The highest BCUT2D eigenvalue weighted by molar-refractivity contribution is 5.91. The topological polar surface area (TPSA) is 73.6 Å². The number of rotatable bonds is 5. The van der Waals surface area contributed by atoms with Crippen molar-refractivity contribution >= 4 is 11.9 Å². The predicted octanol–water partition coefficient (Wildman–Crippen LogP) is 1.65. The van der Waals surface area contributed by atoms with Crippen LogP contribution in [-0.4, -0.2) is 86.1 Å². The third-order valence-corrected chi connectivity index (χ3v) is 5.86. The minimum atomic E-state index is -0.0513. The molecular weight excluding hydrogens is 394 g/mol. The van der Waals surface area contributed by atoms with Gasteiger partial charge in [0.1, 0.15) is 0 Å². The summed E-state index contributed by atoms with van der Waals surface area (Å²) in [4.78, 5) is 23.4. The molecule has 1 aromatic carbocycles. The summed E-state index contributed by atoms with van der Waals surface area (Å²) in [6.45, 7) is 7.99. The molecular formula is C23H31N5O3. The number of furan rings is 1. The van der Waals surface area contributed by atoms with E-state index < -0.39 is 0 Å². The van der Waals surface area contributed by atoms with Crippen LogP contribution in [-0.2, 0) is 17.8 Å². The van der Waals surface area contributed by atoms with E-state index in [1.165, 1.54) is 17.4 Å². The van der Waals surface area contributed by atoms with Crippen LogP contribution in [0.3, 0.4) is 0 Å². The van der Waals surface area contributed by atoms with Crippen molar-refractivity contribution < 1.29 is 13.9 Å². The molecule has 0 radical (unpaired) electrons. The minimum absolute atomic E-state index is 0.0513. The maximum Gasteiger partial charge on any atom is 0.289 e. The van der Waals surface area contributed by atoms with Crippen LogP contribution in [0.5, 0.6) is 0 Å². The fraction of sp³-hybridized carbons (Fsp3) is 0.478. The fourth-order valence-corrected chi connectivity index (χ4v) is 4.07. The van der Waals surface area contributed by atoms with Gasteiger partial charge in [0.15, 0.2) is 11.7 Å². The lowest BCUT2D eigenvalue weighted by Crippen LogP contribution is -2.53. The number of morpholine rings is 1. The number of hydrogen-bond donors (Lipinski definition) is 1. The van der Waals surface area contributed by atoms with Crippen LogP contribution in [0, 0.1) is 0 Å². The van der Waals surface area contributed by atoms with E-state index >= 15 is 0 Å². The van der Waals surface area contributed by atoms with Crippen LogP contribution >= 0.6 is 0 Å². The number of nitrogens with one attached hydrogen (secondary N) is 1. The number of guanidine groups is 1. The summed E-state index contributed by atoms with van der Waals surface area (Å²) in [6, 6.07) is 12.0. The molecule has 0 atom stereocenters. The van der Waals surface area contributed by atoms with Crippen molar-refractivity contribution in [1.29, 1.82) is 0 Å². The van der Waals surface area contributed by atoms with Crippen molar-refractivity contribution in [2.45, 2.75) is 13.1 Å². The van der Waals surface area contributed by atoms with Gasteiger partial charge in [0, 0.05) is 59.4 Å². The van der Waals surface area contributed by atoms with Crippen molar-refractivity contribution in [3.8, 4) is 0 Å². The number of ether oxygens (including phenoxy) is 1. The van der Waals surface area contributed by atoms with Gasteiger partial charge >= 0.3 is 0 Å². The zero-order valence-electron chi connectivity index (χ0n) is 18.1. The smallest absolute Gasteiger partial charge is 0.289 e. The van der Waals surface area contributed by atoms with Gasteiger partial charge in [-0.05, 0) is 23.3 Å². The summed E-state index contributed by atoms with van der Waals surface area (Å²) >= 11 is 0. The molecule has 0 aliphatic carbocycles. The highest BCUT2D eigenvalue weighted by Crippen LogP contribution is 2.14. The van der Waals surface area contributed by atoms with Gasteiger partial charge in [-0.1, -0.05) is 24.3 Å². The van der Waals surface area contributed by atoms with Crippen molar-refractivity contribution in [3.63, 3.8) is 0 Å². The molecule has 1 amide bonds. The third-order valence-electron chi connectivity index (χ3n) is 5.86. The number of carbonyl (C=O) groups is 1. The van der Waals surface area contributed by atoms with Gasteiger partial charge < -0.3 is 24.3 Å². The van der Waals surface area contributed by atoms with E-state index in [2.05, 4.69) is 44.4 Å². The summed E-state index contributed by atoms with van der Waals surface area (Å²) in [6.07, 6.45) is 1.53. The number of carbonyl (C=O) groups excluding carboxylic acids is 1. The second kappa shape index (κ2) is 10.5. The van der Waals surface area contributed by atoms with Crippen molar-refractivity contribution in [2.75, 3.05) is 59.5 Å². The number of nitrogens with zero attached hydrogens (tertiary/aromatic N) is 4. The second-order valence-electron chi connectivity index (χ2n) is 7.81. The molecule has 0 spiro atoms. The van der Waals surface area contributed by atoms with Crippen molar-refractivity contribution in [3.05, 3.63) is 59.5 Å². The van der Waals surface area contributed by atoms with Crippen LogP contribution in [0.2, 0.25) is 0 Å². The molecule has 8 nitrogen and oxygen atoms in total. The van der Waals surface area contributed by atoms with Gasteiger partial charge in [0.05, 0.1) is 19.5 Å². The molecule has 0 unspecified atom stereocenters. The average molecular weight is 426 g/mol. The maximum atomic E-state index is 12.5. The summed E-state index contributed by atoms with van der Waals surface area (Å²) < 4.78 is 10.7. The van der Waals surface area contributed by atoms with Gasteiger partial charge in [-0.2, -0.15) is 0 Å². The van der Waals surface area contributed by atoms with E-state index in [1.54, 1.807) is 12.1 Å². The second-order valence-corrected chi connectivity index (χ2v) is 7.81. The first-order valence-corrected chi connectivity index (χ1v) is 10.9. The van der Waals surface area contributed by atoms with E-state index in [-0.39, 0.29) is 5.91 Å². The standard InChI is InChI=1S/C23H31N5O3/c1-24-23(28-10-8-27(9-11-28)22(29)21-7-4-14-31-21)25-17-19-5-2-3-6-20(19)18-26-12-15-30-16-13-26/h2-7,14H,8-13,15-18H2,1H3,(H,24,25). The quantitative estimate of drug-likeness (QED) is 0.580. The predicted molar refractivity (Wildman–Crippen MR) is 119 cm³/mol. The average Bonchev–Trinajstić information content (AvgIpc) is 3.36. The Kier molecular flexibility index (Phi) is 7.22. The molecule has 0 saturated carbocycles. The molecule has 2 saturated heterocycles. The van der Waals surface area contributed by atoms with Crippen LogP contribution in [0.4, 0.5) is 0 Å². The number of piperazine rings is 1. The van der Waals surface area contributed by atoms with Crippen LogP contribution in [0.15, 0.2) is 52.1 Å². The molecule has 1 N–H and O–H groups in total. The molecule has 1 aromatic heterocycles. The molecule has 4 rings (SSSR count). The molecule has 2 aromatic rings. The molecule has 3 heterocycles. The van der Waals surface area contributed by atoms with Crippen molar-refractivity contribution in [2.24, 2.45) is 4.99 Å². The van der Waals surface area contributed by atoms with E-state index in [0.717, 1.165) is 58.4 Å². The Bertz CT molecular complexity index is 869. The molecule has 31 heavy (non-hydrogen) atoms. The number of aliphatic imine (C=N–C) groups is 1. The molecule has 8 heteroatoms. The Morgan fingerprint density at radius 3 is 2.35 bits per heavy atom. The Balaban J connectivity index is 1.31. The van der Waals surface area contributed by atoms with E-state index in [9.17, 15) is 4.79 Å². The minimum Gasteiger partial charge on any atom is -0.459 e. The number of benzene rings is 1. The first-order valence-electron chi connectivity index (χ1n) is 10.9. The molecule has 2 aliphatic rings. The van der Waals surface area contributed by atoms with E-state index in [4.69, 9.17) is 9.15 Å². The molecule has 2 fully saturated rings. The molecule has 2 aliphatic heterocycles. The van der Waals surface area contributed by atoms with Gasteiger partial charge in [-0.25, -0.2) is 0 Å². The number of amides is 1. The summed E-state index contributed by atoms with van der Waals surface area (Å²) in [7, 11) is 1.81. The van der Waals surface area contributed by atoms with Crippen LogP contribution < -0.4 is 5.32 Å². The van der Waals surface area contributed by atoms with Gasteiger partial charge in [0.2, 0.25) is 0 Å². The maximum absolute atomic E-state index is 12.5. The zero-order valence-corrected chi connectivity index (χ0v) is 18.1. The van der Waals surface area contributed by atoms with Crippen LogP contribution in [0.25, 0.3) is 0 Å². The normalized spacial score (nSPS) is 18.3. The van der Waals surface area contributed by atoms with Crippen molar-refractivity contribution in [1.82, 2.24) is 20.0 Å².